The fourth-order valence-corrected chi connectivity index (χ4v) is 2.41. The Labute approximate surface area is 99.4 Å². The van der Waals surface area contributed by atoms with Crippen LogP contribution < -0.4 is 5.32 Å². The molecule has 0 spiro atoms. The molecule has 1 aromatic rings. The zero-order chi connectivity index (χ0) is 11.5. The van der Waals surface area contributed by atoms with Gasteiger partial charge >= 0.3 is 0 Å². The lowest BCUT2D eigenvalue weighted by Gasteiger charge is -2.23. The van der Waals surface area contributed by atoms with Crippen molar-refractivity contribution in [2.24, 2.45) is 5.92 Å². The average Bonchev–Trinajstić information content (AvgIpc) is 2.27. The van der Waals surface area contributed by atoms with E-state index in [2.05, 4.69) is 5.32 Å². The standard InChI is InChI=1S/C12H15ClFNO/c13-11-6-10(14)5-9(12(11)16)4-8-2-1-3-15-7-8/h5-6,8,15-16H,1-4,7H2. The van der Waals surface area contributed by atoms with Gasteiger partial charge in [-0.25, -0.2) is 4.39 Å². The van der Waals surface area contributed by atoms with Crippen LogP contribution in [-0.4, -0.2) is 18.2 Å². The predicted octanol–water partition coefficient (Wildman–Crippen LogP) is 2.73. The summed E-state index contributed by atoms with van der Waals surface area (Å²) < 4.78 is 13.2. The summed E-state index contributed by atoms with van der Waals surface area (Å²) in [5.41, 5.74) is 0.610. The second-order valence-electron chi connectivity index (χ2n) is 4.31. The van der Waals surface area contributed by atoms with Crippen LogP contribution in [0.3, 0.4) is 0 Å². The van der Waals surface area contributed by atoms with E-state index in [4.69, 9.17) is 11.6 Å². The smallest absolute Gasteiger partial charge is 0.137 e. The highest BCUT2D eigenvalue weighted by atomic mass is 35.5. The van der Waals surface area contributed by atoms with Crippen molar-refractivity contribution in [2.45, 2.75) is 19.3 Å². The van der Waals surface area contributed by atoms with Gasteiger partial charge < -0.3 is 10.4 Å². The molecule has 1 aromatic carbocycles. The van der Waals surface area contributed by atoms with Crippen molar-refractivity contribution < 1.29 is 9.50 Å². The Hall–Kier alpha value is -0.800. The van der Waals surface area contributed by atoms with Gasteiger partial charge in [0.15, 0.2) is 0 Å². The van der Waals surface area contributed by atoms with E-state index in [0.29, 0.717) is 17.9 Å². The topological polar surface area (TPSA) is 32.3 Å². The van der Waals surface area contributed by atoms with Crippen LogP contribution in [0.15, 0.2) is 12.1 Å². The number of aromatic hydroxyl groups is 1. The van der Waals surface area contributed by atoms with Crippen LogP contribution >= 0.6 is 11.6 Å². The van der Waals surface area contributed by atoms with Gasteiger partial charge in [-0.3, -0.25) is 0 Å². The minimum Gasteiger partial charge on any atom is -0.506 e. The predicted molar refractivity (Wildman–Crippen MR) is 62.4 cm³/mol. The molecule has 16 heavy (non-hydrogen) atoms. The van der Waals surface area contributed by atoms with Gasteiger partial charge in [0.05, 0.1) is 5.02 Å². The summed E-state index contributed by atoms with van der Waals surface area (Å²) in [6.07, 6.45) is 2.92. The summed E-state index contributed by atoms with van der Waals surface area (Å²) >= 11 is 5.73. The number of hydrogen-bond acceptors (Lipinski definition) is 2. The van der Waals surface area contributed by atoms with E-state index in [-0.39, 0.29) is 16.6 Å². The molecule has 1 aliphatic rings. The number of nitrogens with one attached hydrogen (secondary N) is 1. The van der Waals surface area contributed by atoms with Crippen molar-refractivity contribution >= 4 is 11.6 Å². The third kappa shape index (κ3) is 2.66. The van der Waals surface area contributed by atoms with E-state index in [1.54, 1.807) is 0 Å². The molecule has 2 N–H and O–H groups in total. The monoisotopic (exact) mass is 243 g/mol. The van der Waals surface area contributed by atoms with Crippen molar-refractivity contribution in [1.82, 2.24) is 5.32 Å². The molecular formula is C12H15ClFNO. The second kappa shape index (κ2) is 5.02. The third-order valence-electron chi connectivity index (χ3n) is 3.01. The molecule has 0 bridgehead atoms. The van der Waals surface area contributed by atoms with Crippen LogP contribution in [0, 0.1) is 11.7 Å². The molecule has 1 atom stereocenters. The lowest BCUT2D eigenvalue weighted by molar-refractivity contribution is 0.369. The summed E-state index contributed by atoms with van der Waals surface area (Å²) in [4.78, 5) is 0. The molecule has 1 aliphatic heterocycles. The Balaban J connectivity index is 2.13. The minimum atomic E-state index is -0.387. The number of piperidine rings is 1. The zero-order valence-electron chi connectivity index (χ0n) is 8.97. The molecule has 2 rings (SSSR count). The maximum absolute atomic E-state index is 13.2. The molecule has 88 valence electrons. The maximum atomic E-state index is 13.2. The first kappa shape index (κ1) is 11.7. The highest BCUT2D eigenvalue weighted by molar-refractivity contribution is 6.32. The fraction of sp³-hybridized carbons (Fsp3) is 0.500. The van der Waals surface area contributed by atoms with Crippen LogP contribution in [-0.2, 0) is 6.42 Å². The normalized spacial score (nSPS) is 21.0. The average molecular weight is 244 g/mol. The van der Waals surface area contributed by atoms with Crippen molar-refractivity contribution in [3.63, 3.8) is 0 Å². The highest BCUT2D eigenvalue weighted by Gasteiger charge is 2.17. The molecule has 0 amide bonds. The van der Waals surface area contributed by atoms with Crippen LogP contribution in [0.2, 0.25) is 5.02 Å². The summed E-state index contributed by atoms with van der Waals surface area (Å²) in [6.45, 7) is 1.97. The lowest BCUT2D eigenvalue weighted by atomic mass is 9.92. The molecule has 0 aliphatic carbocycles. The van der Waals surface area contributed by atoms with Crippen LogP contribution in [0.25, 0.3) is 0 Å². The summed E-state index contributed by atoms with van der Waals surface area (Å²) in [7, 11) is 0. The number of benzene rings is 1. The lowest BCUT2D eigenvalue weighted by Crippen LogP contribution is -2.30. The van der Waals surface area contributed by atoms with Gasteiger partial charge in [-0.05, 0) is 56.0 Å². The summed E-state index contributed by atoms with van der Waals surface area (Å²) in [5.74, 6) is 0.0905. The van der Waals surface area contributed by atoms with Crippen LogP contribution in [0.1, 0.15) is 18.4 Å². The molecule has 0 aromatic heterocycles. The molecular weight excluding hydrogens is 229 g/mol. The number of phenolic OH excluding ortho intramolecular Hbond substituents is 1. The van der Waals surface area contributed by atoms with E-state index in [0.717, 1.165) is 32.0 Å². The molecule has 1 heterocycles. The van der Waals surface area contributed by atoms with Crippen molar-refractivity contribution in [1.29, 1.82) is 0 Å². The third-order valence-corrected chi connectivity index (χ3v) is 3.30. The molecule has 1 unspecified atom stereocenters. The van der Waals surface area contributed by atoms with Crippen molar-refractivity contribution in [2.75, 3.05) is 13.1 Å². The number of phenols is 1. The number of rotatable bonds is 2. The zero-order valence-corrected chi connectivity index (χ0v) is 9.73. The highest BCUT2D eigenvalue weighted by Crippen LogP contribution is 2.31. The maximum Gasteiger partial charge on any atom is 0.137 e. The van der Waals surface area contributed by atoms with Gasteiger partial charge in [0.2, 0.25) is 0 Å². The van der Waals surface area contributed by atoms with Crippen molar-refractivity contribution in [3.05, 3.63) is 28.5 Å². The SMILES string of the molecule is Oc1c(Cl)cc(F)cc1CC1CCCNC1. The van der Waals surface area contributed by atoms with E-state index in [1.165, 1.54) is 6.07 Å². The Morgan fingerprint density at radius 2 is 2.31 bits per heavy atom. The van der Waals surface area contributed by atoms with Gasteiger partial charge in [0.1, 0.15) is 11.6 Å². The van der Waals surface area contributed by atoms with E-state index in [9.17, 15) is 9.50 Å². The second-order valence-corrected chi connectivity index (χ2v) is 4.72. The van der Waals surface area contributed by atoms with E-state index >= 15 is 0 Å². The Bertz CT molecular complexity index is 378. The molecule has 0 saturated carbocycles. The summed E-state index contributed by atoms with van der Waals surface area (Å²) in [5, 5.41) is 13.1. The quantitative estimate of drug-likeness (QED) is 0.837. The van der Waals surface area contributed by atoms with Gasteiger partial charge in [0.25, 0.3) is 0 Å². The van der Waals surface area contributed by atoms with Crippen molar-refractivity contribution in [3.8, 4) is 5.75 Å². The molecule has 0 radical (unpaired) electrons. The molecule has 2 nitrogen and oxygen atoms in total. The van der Waals surface area contributed by atoms with Gasteiger partial charge in [-0.15, -0.1) is 0 Å². The van der Waals surface area contributed by atoms with Crippen LogP contribution in [0.5, 0.6) is 5.75 Å². The Morgan fingerprint density at radius 1 is 1.50 bits per heavy atom. The van der Waals surface area contributed by atoms with Gasteiger partial charge in [-0.2, -0.15) is 0 Å². The van der Waals surface area contributed by atoms with E-state index < -0.39 is 0 Å². The van der Waals surface area contributed by atoms with Crippen LogP contribution in [0.4, 0.5) is 4.39 Å². The molecule has 1 fully saturated rings. The number of halogens is 2. The first-order valence-electron chi connectivity index (χ1n) is 5.54. The largest absolute Gasteiger partial charge is 0.506 e. The summed E-state index contributed by atoms with van der Waals surface area (Å²) in [6, 6.07) is 2.51. The van der Waals surface area contributed by atoms with E-state index in [1.807, 2.05) is 0 Å². The first-order chi connectivity index (χ1) is 7.66. The fourth-order valence-electron chi connectivity index (χ4n) is 2.18. The number of hydrogen-bond donors (Lipinski definition) is 2. The first-order valence-corrected chi connectivity index (χ1v) is 5.92. The Kier molecular flexibility index (Phi) is 3.66. The van der Waals surface area contributed by atoms with Gasteiger partial charge in [-0.1, -0.05) is 11.6 Å². The minimum absolute atomic E-state index is 0.0219. The molecule has 4 heteroatoms. The Morgan fingerprint density at radius 3 is 3.00 bits per heavy atom. The molecule has 1 saturated heterocycles. The van der Waals surface area contributed by atoms with Gasteiger partial charge in [0, 0.05) is 0 Å².